The van der Waals surface area contributed by atoms with E-state index >= 15 is 0 Å². The molecule has 3 aromatic carbocycles. The first-order valence-electron chi connectivity index (χ1n) is 14.0. The van der Waals surface area contributed by atoms with Crippen molar-refractivity contribution in [1.82, 2.24) is 14.5 Å². The lowest BCUT2D eigenvalue weighted by atomic mass is 10.1. The number of hydrogen-bond donors (Lipinski definition) is 2. The minimum atomic E-state index is -0.936. The van der Waals surface area contributed by atoms with E-state index in [2.05, 4.69) is 71.2 Å². The average Bonchev–Trinajstić information content (AvgIpc) is 3.36. The molecule has 0 aliphatic carbocycles. The first-order valence-corrected chi connectivity index (χ1v) is 14.0. The second kappa shape index (κ2) is 13.1. The van der Waals surface area contributed by atoms with Crippen LogP contribution in [-0.2, 0) is 6.54 Å². The van der Waals surface area contributed by atoms with Crippen molar-refractivity contribution in [3.63, 3.8) is 0 Å². The van der Waals surface area contributed by atoms with Crippen LogP contribution in [0.4, 0.5) is 5.69 Å². The molecular formula is C33H38N4O2. The van der Waals surface area contributed by atoms with Gasteiger partial charge in [0.05, 0.1) is 27.8 Å². The minimum Gasteiger partial charge on any atom is -0.478 e. The van der Waals surface area contributed by atoms with Crippen molar-refractivity contribution in [2.75, 3.05) is 5.32 Å². The van der Waals surface area contributed by atoms with Crippen LogP contribution in [0.15, 0.2) is 79.0 Å². The van der Waals surface area contributed by atoms with Gasteiger partial charge in [0.25, 0.3) is 0 Å². The van der Waals surface area contributed by atoms with Crippen LogP contribution >= 0.6 is 0 Å². The topological polar surface area (TPSA) is 80.0 Å². The van der Waals surface area contributed by atoms with Crippen LogP contribution in [0.25, 0.3) is 33.3 Å². The van der Waals surface area contributed by atoms with Gasteiger partial charge in [-0.2, -0.15) is 0 Å². The molecule has 1 atom stereocenters. The zero-order chi connectivity index (χ0) is 27.8. The molecule has 0 aliphatic rings. The van der Waals surface area contributed by atoms with Crippen molar-refractivity contribution in [2.45, 2.75) is 66.0 Å². The molecule has 202 valence electrons. The molecular weight excluding hydrogens is 484 g/mol. The van der Waals surface area contributed by atoms with E-state index in [0.29, 0.717) is 12.6 Å². The van der Waals surface area contributed by atoms with Crippen LogP contribution < -0.4 is 5.32 Å². The predicted octanol–water partition coefficient (Wildman–Crippen LogP) is 8.73. The summed E-state index contributed by atoms with van der Waals surface area (Å²) in [6, 6.07) is 24.2. The Morgan fingerprint density at radius 1 is 1.00 bits per heavy atom. The lowest BCUT2D eigenvalue weighted by Crippen LogP contribution is -2.10. The van der Waals surface area contributed by atoms with Gasteiger partial charge >= 0.3 is 5.97 Å². The monoisotopic (exact) mass is 522 g/mol. The smallest absolute Gasteiger partial charge is 0.335 e. The molecule has 0 fully saturated rings. The summed E-state index contributed by atoms with van der Waals surface area (Å²) in [7, 11) is 0. The number of aromatic nitrogens is 3. The highest BCUT2D eigenvalue weighted by atomic mass is 16.4. The van der Waals surface area contributed by atoms with Crippen molar-refractivity contribution in [1.29, 1.82) is 0 Å². The van der Waals surface area contributed by atoms with Crippen LogP contribution in [-0.4, -0.2) is 25.6 Å². The number of para-hydroxylation sites is 1. The zero-order valence-corrected chi connectivity index (χ0v) is 23.3. The molecule has 2 heterocycles. The predicted molar refractivity (Wildman–Crippen MR) is 161 cm³/mol. The molecule has 39 heavy (non-hydrogen) atoms. The zero-order valence-electron chi connectivity index (χ0n) is 23.3. The number of hydrogen-bond acceptors (Lipinski definition) is 4. The third-order valence-corrected chi connectivity index (χ3v) is 6.99. The highest BCUT2D eigenvalue weighted by Crippen LogP contribution is 2.33. The summed E-state index contributed by atoms with van der Waals surface area (Å²) >= 11 is 0. The average molecular weight is 523 g/mol. The molecule has 1 unspecified atom stereocenters. The van der Waals surface area contributed by atoms with Gasteiger partial charge in [-0.25, -0.2) is 9.78 Å². The second-order valence-electron chi connectivity index (χ2n) is 9.45. The first-order chi connectivity index (χ1) is 19.1. The lowest BCUT2D eigenvalue weighted by molar-refractivity contribution is 0.0697. The molecule has 0 saturated heterocycles. The SMILES string of the molecule is CC.CCCCC(CC)n1c(-c2ccc(CNc3cccc4cccnc34)cc2)nc2cc(C(=O)O)ccc21. The summed E-state index contributed by atoms with van der Waals surface area (Å²) in [4.78, 5) is 21.0. The Hall–Kier alpha value is -4.19. The maximum Gasteiger partial charge on any atom is 0.335 e. The normalized spacial score (nSPS) is 11.7. The van der Waals surface area contributed by atoms with E-state index in [1.54, 1.807) is 12.1 Å². The van der Waals surface area contributed by atoms with Gasteiger partial charge in [-0.1, -0.05) is 83.0 Å². The van der Waals surface area contributed by atoms with Gasteiger partial charge in [0.1, 0.15) is 5.82 Å². The van der Waals surface area contributed by atoms with Gasteiger partial charge in [-0.3, -0.25) is 4.98 Å². The molecule has 0 saturated carbocycles. The Kier molecular flexibility index (Phi) is 9.31. The summed E-state index contributed by atoms with van der Waals surface area (Å²) in [5.41, 5.74) is 6.13. The van der Waals surface area contributed by atoms with E-state index < -0.39 is 5.97 Å². The molecule has 5 rings (SSSR count). The number of aromatic carboxylic acids is 1. The second-order valence-corrected chi connectivity index (χ2v) is 9.45. The Morgan fingerprint density at radius 3 is 2.49 bits per heavy atom. The van der Waals surface area contributed by atoms with E-state index in [-0.39, 0.29) is 5.56 Å². The number of carboxylic acids is 1. The number of fused-ring (bicyclic) bond motifs is 2. The quantitative estimate of drug-likeness (QED) is 0.192. The minimum absolute atomic E-state index is 0.259. The van der Waals surface area contributed by atoms with E-state index in [4.69, 9.17) is 4.98 Å². The van der Waals surface area contributed by atoms with Crippen molar-refractivity contribution in [2.24, 2.45) is 0 Å². The van der Waals surface area contributed by atoms with E-state index in [1.165, 1.54) is 0 Å². The molecule has 0 amide bonds. The van der Waals surface area contributed by atoms with Gasteiger partial charge in [0.2, 0.25) is 0 Å². The van der Waals surface area contributed by atoms with Crippen molar-refractivity contribution in [3.8, 4) is 11.4 Å². The third-order valence-electron chi connectivity index (χ3n) is 6.99. The Bertz CT molecular complexity index is 1530. The largest absolute Gasteiger partial charge is 0.478 e. The van der Waals surface area contributed by atoms with Crippen LogP contribution in [0.2, 0.25) is 0 Å². The molecule has 6 nitrogen and oxygen atoms in total. The maximum atomic E-state index is 11.6. The summed E-state index contributed by atoms with van der Waals surface area (Å²) in [5.74, 6) is -0.0486. The fourth-order valence-electron chi connectivity index (χ4n) is 4.98. The van der Waals surface area contributed by atoms with Gasteiger partial charge in [-0.05, 0) is 48.7 Å². The number of imidazole rings is 1. The van der Waals surface area contributed by atoms with E-state index in [9.17, 15) is 9.90 Å². The lowest BCUT2D eigenvalue weighted by Gasteiger charge is -2.21. The summed E-state index contributed by atoms with van der Waals surface area (Å²) in [5, 5.41) is 14.1. The van der Waals surface area contributed by atoms with Crippen LogP contribution in [0.5, 0.6) is 0 Å². The number of carboxylic acid groups (broad SMARTS) is 1. The summed E-state index contributed by atoms with van der Waals surface area (Å²) < 4.78 is 2.31. The van der Waals surface area contributed by atoms with E-state index in [1.807, 2.05) is 38.2 Å². The van der Waals surface area contributed by atoms with Gasteiger partial charge in [-0.15, -0.1) is 0 Å². The molecule has 0 spiro atoms. The third kappa shape index (κ3) is 6.11. The Morgan fingerprint density at radius 2 is 1.77 bits per heavy atom. The van der Waals surface area contributed by atoms with E-state index in [0.717, 1.165) is 70.3 Å². The molecule has 0 aliphatic heterocycles. The number of carbonyl (C=O) groups is 1. The molecule has 6 heteroatoms. The van der Waals surface area contributed by atoms with Crippen molar-refractivity contribution in [3.05, 3.63) is 90.1 Å². The number of nitrogens with zero attached hydrogens (tertiary/aromatic N) is 3. The Balaban J connectivity index is 0.00000172. The fraction of sp³-hybridized carbons (Fsp3) is 0.303. The molecule has 2 N–H and O–H groups in total. The van der Waals surface area contributed by atoms with Crippen LogP contribution in [0.1, 0.15) is 75.3 Å². The maximum absolute atomic E-state index is 11.6. The van der Waals surface area contributed by atoms with Gasteiger partial charge < -0.3 is 15.0 Å². The standard InChI is InChI=1S/C31H32N4O2.C2H6/c1-3-5-10-25(4-2)35-28-17-16-24(31(36)37)19-27(28)34-30(35)23-14-12-21(13-15-23)20-33-26-11-6-8-22-9-7-18-32-29(22)26;1-2/h6-9,11-19,25,33H,3-5,10,20H2,1-2H3,(H,36,37);1-2H3. The van der Waals surface area contributed by atoms with Crippen LogP contribution in [0.3, 0.4) is 0 Å². The molecule has 5 aromatic rings. The van der Waals surface area contributed by atoms with Crippen molar-refractivity contribution >= 4 is 33.6 Å². The number of rotatable bonds is 10. The molecule has 2 aromatic heterocycles. The van der Waals surface area contributed by atoms with Crippen molar-refractivity contribution < 1.29 is 9.90 Å². The summed E-state index contributed by atoms with van der Waals surface area (Å²) in [6.07, 6.45) is 6.14. The number of benzene rings is 3. The highest BCUT2D eigenvalue weighted by molar-refractivity contribution is 5.93. The first kappa shape index (κ1) is 27.8. The van der Waals surface area contributed by atoms with Crippen LogP contribution in [0, 0.1) is 0 Å². The van der Waals surface area contributed by atoms with Gasteiger partial charge in [0.15, 0.2) is 0 Å². The molecule has 0 bridgehead atoms. The molecule has 0 radical (unpaired) electrons. The van der Waals surface area contributed by atoms with Gasteiger partial charge in [0, 0.05) is 29.7 Å². The summed E-state index contributed by atoms with van der Waals surface area (Å²) in [6.45, 7) is 9.10. The number of pyridine rings is 1. The number of nitrogens with one attached hydrogen (secondary N) is 1. The Labute approximate surface area is 230 Å². The highest BCUT2D eigenvalue weighted by Gasteiger charge is 2.20. The number of anilines is 1. The fourth-order valence-corrected chi connectivity index (χ4v) is 4.98. The number of unbranched alkanes of at least 4 members (excludes halogenated alkanes) is 1.